The standard InChI is InChI=1S/C13H19N3O.ClH/c1-10-3-6-16(7-4-10)13(17)11-2-5-15-12(8-11)9-14;/h2,5,8,10H,3-4,6-7,9,14H2,1H3;1H. The van der Waals surface area contributed by atoms with Crippen LogP contribution in [0.25, 0.3) is 0 Å². The Labute approximate surface area is 114 Å². The number of rotatable bonds is 2. The van der Waals surface area contributed by atoms with Crippen molar-refractivity contribution in [1.29, 1.82) is 0 Å². The predicted octanol–water partition coefficient (Wildman–Crippen LogP) is 1.83. The molecule has 0 saturated carbocycles. The Morgan fingerprint density at radius 1 is 1.50 bits per heavy atom. The van der Waals surface area contributed by atoms with Crippen molar-refractivity contribution in [3.63, 3.8) is 0 Å². The maximum absolute atomic E-state index is 12.2. The largest absolute Gasteiger partial charge is 0.339 e. The highest BCUT2D eigenvalue weighted by atomic mass is 35.5. The van der Waals surface area contributed by atoms with Gasteiger partial charge in [-0.2, -0.15) is 0 Å². The van der Waals surface area contributed by atoms with Gasteiger partial charge in [0.25, 0.3) is 5.91 Å². The molecule has 0 radical (unpaired) electrons. The number of hydrogen-bond acceptors (Lipinski definition) is 3. The molecule has 5 heteroatoms. The highest BCUT2D eigenvalue weighted by Crippen LogP contribution is 2.18. The van der Waals surface area contributed by atoms with Crippen molar-refractivity contribution in [3.8, 4) is 0 Å². The summed E-state index contributed by atoms with van der Waals surface area (Å²) in [5, 5.41) is 0. The van der Waals surface area contributed by atoms with E-state index < -0.39 is 0 Å². The zero-order chi connectivity index (χ0) is 12.3. The molecule has 2 N–H and O–H groups in total. The first-order valence-corrected chi connectivity index (χ1v) is 6.15. The molecular weight excluding hydrogens is 250 g/mol. The van der Waals surface area contributed by atoms with Crippen LogP contribution in [0.4, 0.5) is 0 Å². The maximum atomic E-state index is 12.2. The fourth-order valence-electron chi connectivity index (χ4n) is 2.12. The molecule has 1 aliphatic rings. The van der Waals surface area contributed by atoms with Gasteiger partial charge in [-0.25, -0.2) is 0 Å². The van der Waals surface area contributed by atoms with Crippen molar-refractivity contribution in [2.45, 2.75) is 26.3 Å². The Morgan fingerprint density at radius 3 is 2.78 bits per heavy atom. The van der Waals surface area contributed by atoms with Crippen LogP contribution in [0.5, 0.6) is 0 Å². The summed E-state index contributed by atoms with van der Waals surface area (Å²) in [6.45, 7) is 4.33. The van der Waals surface area contributed by atoms with Crippen LogP contribution < -0.4 is 5.73 Å². The van der Waals surface area contributed by atoms with Crippen LogP contribution in [0.15, 0.2) is 18.3 Å². The fraction of sp³-hybridized carbons (Fsp3) is 0.538. The van der Waals surface area contributed by atoms with Gasteiger partial charge in [0.05, 0.1) is 5.69 Å². The lowest BCUT2D eigenvalue weighted by Crippen LogP contribution is -2.37. The molecule has 100 valence electrons. The van der Waals surface area contributed by atoms with E-state index in [-0.39, 0.29) is 18.3 Å². The molecule has 1 aromatic heterocycles. The number of hydrogen-bond donors (Lipinski definition) is 1. The second kappa shape index (κ2) is 6.71. The molecular formula is C13H20ClN3O. The third-order valence-electron chi connectivity index (χ3n) is 3.34. The van der Waals surface area contributed by atoms with Gasteiger partial charge in [-0.3, -0.25) is 9.78 Å². The number of carbonyl (C=O) groups excluding carboxylic acids is 1. The van der Waals surface area contributed by atoms with Gasteiger partial charge in [-0.15, -0.1) is 12.4 Å². The van der Waals surface area contributed by atoms with Gasteiger partial charge in [0.2, 0.25) is 0 Å². The average molecular weight is 270 g/mol. The zero-order valence-electron chi connectivity index (χ0n) is 10.6. The summed E-state index contributed by atoms with van der Waals surface area (Å²) in [7, 11) is 0. The summed E-state index contributed by atoms with van der Waals surface area (Å²) >= 11 is 0. The Kier molecular flexibility index (Phi) is 5.56. The van der Waals surface area contributed by atoms with Crippen molar-refractivity contribution in [2.75, 3.05) is 13.1 Å². The number of halogens is 1. The van der Waals surface area contributed by atoms with Crippen LogP contribution in [0.1, 0.15) is 35.8 Å². The quantitative estimate of drug-likeness (QED) is 0.891. The number of nitrogens with two attached hydrogens (primary N) is 1. The van der Waals surface area contributed by atoms with Gasteiger partial charge in [-0.1, -0.05) is 6.92 Å². The number of carbonyl (C=O) groups is 1. The fourth-order valence-corrected chi connectivity index (χ4v) is 2.12. The minimum Gasteiger partial charge on any atom is -0.339 e. The van der Waals surface area contributed by atoms with Crippen molar-refractivity contribution in [2.24, 2.45) is 11.7 Å². The molecule has 0 bridgehead atoms. The van der Waals surface area contributed by atoms with E-state index in [4.69, 9.17) is 5.73 Å². The molecule has 18 heavy (non-hydrogen) atoms. The molecule has 0 spiro atoms. The van der Waals surface area contributed by atoms with Crippen molar-refractivity contribution < 1.29 is 4.79 Å². The van der Waals surface area contributed by atoms with E-state index in [2.05, 4.69) is 11.9 Å². The summed E-state index contributed by atoms with van der Waals surface area (Å²) in [6.07, 6.45) is 3.85. The lowest BCUT2D eigenvalue weighted by Gasteiger charge is -2.30. The molecule has 0 aliphatic carbocycles. The number of nitrogens with zero attached hydrogens (tertiary/aromatic N) is 2. The second-order valence-electron chi connectivity index (χ2n) is 4.71. The summed E-state index contributed by atoms with van der Waals surface area (Å²) in [5.74, 6) is 0.838. The van der Waals surface area contributed by atoms with E-state index in [0.29, 0.717) is 12.1 Å². The van der Waals surface area contributed by atoms with Crippen LogP contribution >= 0.6 is 12.4 Å². The number of piperidine rings is 1. The first kappa shape index (κ1) is 14.9. The summed E-state index contributed by atoms with van der Waals surface area (Å²) < 4.78 is 0. The van der Waals surface area contributed by atoms with Gasteiger partial charge in [0.15, 0.2) is 0 Å². The van der Waals surface area contributed by atoms with Crippen LogP contribution in [0.3, 0.4) is 0 Å². The minimum atomic E-state index is 0. The van der Waals surface area contributed by atoms with Crippen molar-refractivity contribution >= 4 is 18.3 Å². The molecule has 1 amide bonds. The Balaban J connectivity index is 0.00000162. The van der Waals surface area contributed by atoms with Crippen LogP contribution in [0, 0.1) is 5.92 Å². The third kappa shape index (κ3) is 3.43. The molecule has 1 fully saturated rings. The van der Waals surface area contributed by atoms with Gasteiger partial charge < -0.3 is 10.6 Å². The molecule has 0 atom stereocenters. The molecule has 2 heterocycles. The third-order valence-corrected chi connectivity index (χ3v) is 3.34. The molecule has 2 rings (SSSR count). The first-order valence-electron chi connectivity index (χ1n) is 6.15. The zero-order valence-corrected chi connectivity index (χ0v) is 11.4. The van der Waals surface area contributed by atoms with E-state index >= 15 is 0 Å². The van der Waals surface area contributed by atoms with Gasteiger partial charge in [0.1, 0.15) is 0 Å². The Hall–Kier alpha value is -1.13. The van der Waals surface area contributed by atoms with E-state index in [9.17, 15) is 4.79 Å². The van der Waals surface area contributed by atoms with Gasteiger partial charge >= 0.3 is 0 Å². The van der Waals surface area contributed by atoms with E-state index in [1.807, 2.05) is 4.90 Å². The number of pyridine rings is 1. The molecule has 1 aromatic rings. The van der Waals surface area contributed by atoms with Crippen molar-refractivity contribution in [1.82, 2.24) is 9.88 Å². The van der Waals surface area contributed by atoms with Crippen LogP contribution in [-0.2, 0) is 6.54 Å². The SMILES string of the molecule is CC1CCN(C(=O)c2ccnc(CN)c2)CC1.Cl. The predicted molar refractivity (Wildman–Crippen MR) is 73.7 cm³/mol. The smallest absolute Gasteiger partial charge is 0.253 e. The minimum absolute atomic E-state index is 0. The Bertz CT molecular complexity index is 403. The lowest BCUT2D eigenvalue weighted by molar-refractivity contribution is 0.0697. The monoisotopic (exact) mass is 269 g/mol. The highest BCUT2D eigenvalue weighted by molar-refractivity contribution is 5.94. The lowest BCUT2D eigenvalue weighted by atomic mass is 9.98. The Morgan fingerprint density at radius 2 is 2.17 bits per heavy atom. The molecule has 0 unspecified atom stereocenters. The highest BCUT2D eigenvalue weighted by Gasteiger charge is 2.21. The maximum Gasteiger partial charge on any atom is 0.253 e. The average Bonchev–Trinajstić information content (AvgIpc) is 2.39. The van der Waals surface area contributed by atoms with Gasteiger partial charge in [0, 0.05) is 31.4 Å². The summed E-state index contributed by atoms with van der Waals surface area (Å²) in [6, 6.07) is 3.56. The van der Waals surface area contributed by atoms with Crippen LogP contribution in [0.2, 0.25) is 0 Å². The first-order chi connectivity index (χ1) is 8.20. The van der Waals surface area contributed by atoms with Crippen molar-refractivity contribution in [3.05, 3.63) is 29.6 Å². The molecule has 4 nitrogen and oxygen atoms in total. The molecule has 0 aromatic carbocycles. The summed E-state index contributed by atoms with van der Waals surface area (Å²) in [5.41, 5.74) is 7.00. The second-order valence-corrected chi connectivity index (χ2v) is 4.71. The number of likely N-dealkylation sites (tertiary alicyclic amines) is 1. The van der Waals surface area contributed by atoms with Crippen LogP contribution in [-0.4, -0.2) is 28.9 Å². The van der Waals surface area contributed by atoms with Gasteiger partial charge in [-0.05, 0) is 30.9 Å². The van der Waals surface area contributed by atoms with E-state index in [0.717, 1.165) is 37.5 Å². The topological polar surface area (TPSA) is 59.2 Å². The molecule has 1 saturated heterocycles. The summed E-state index contributed by atoms with van der Waals surface area (Å²) in [4.78, 5) is 18.3. The van der Waals surface area contributed by atoms with E-state index in [1.165, 1.54) is 0 Å². The number of amides is 1. The number of aromatic nitrogens is 1. The normalized spacial score (nSPS) is 16.2. The molecule has 1 aliphatic heterocycles. The van der Waals surface area contributed by atoms with E-state index in [1.54, 1.807) is 18.3 Å².